The van der Waals surface area contributed by atoms with E-state index in [1.54, 1.807) is 18.6 Å². The highest BCUT2D eigenvalue weighted by Crippen LogP contribution is 2.33. The maximum absolute atomic E-state index is 10.6. The van der Waals surface area contributed by atoms with Gasteiger partial charge >= 0.3 is 0 Å². The highest BCUT2D eigenvalue weighted by molar-refractivity contribution is 5.68. The van der Waals surface area contributed by atoms with Gasteiger partial charge in [-0.15, -0.1) is 10.2 Å². The zero-order valence-electron chi connectivity index (χ0n) is 19.1. The zero-order valence-corrected chi connectivity index (χ0v) is 19.1. The van der Waals surface area contributed by atoms with Crippen LogP contribution in [-0.2, 0) is 0 Å². The molecule has 2 aromatic heterocycles. The molecule has 0 radical (unpaired) electrons. The summed E-state index contributed by atoms with van der Waals surface area (Å²) in [5.41, 5.74) is 2.95. The Morgan fingerprint density at radius 1 is 1.10 bits per heavy atom. The molecule has 8 nitrogen and oxygen atoms in total. The van der Waals surface area contributed by atoms with Gasteiger partial charge in [-0.3, -0.25) is 0 Å². The molecule has 3 heterocycles. The zero-order chi connectivity index (χ0) is 22.4. The second-order valence-electron chi connectivity index (χ2n) is 9.83. The van der Waals surface area contributed by atoms with Gasteiger partial charge in [-0.25, -0.2) is 9.97 Å². The third-order valence-electron chi connectivity index (χ3n) is 5.85. The number of hydrogen-bond donors (Lipinski definition) is 2. The number of aryl methyl sites for hydroxylation is 1. The molecule has 2 N–H and O–H groups in total. The molecule has 0 aliphatic carbocycles. The lowest BCUT2D eigenvalue weighted by molar-refractivity contribution is 0.160. The normalized spacial score (nSPS) is 18.1. The quantitative estimate of drug-likeness (QED) is 0.666. The monoisotopic (exact) mass is 421 g/mol. The maximum atomic E-state index is 10.6. The lowest BCUT2D eigenvalue weighted by atomic mass is 9.79. The van der Waals surface area contributed by atoms with Crippen molar-refractivity contribution in [2.24, 2.45) is 0 Å². The number of nitrogens with one attached hydrogen (secondary N) is 1. The maximum Gasteiger partial charge on any atom is 0.245 e. The van der Waals surface area contributed by atoms with Crippen LogP contribution in [0.4, 0.5) is 5.95 Å². The van der Waals surface area contributed by atoms with E-state index in [-0.39, 0.29) is 16.8 Å². The summed E-state index contributed by atoms with van der Waals surface area (Å²) >= 11 is 0. The summed E-state index contributed by atoms with van der Waals surface area (Å²) in [6.45, 7) is 10.8. The molecule has 0 unspecified atom stereocenters. The van der Waals surface area contributed by atoms with E-state index < -0.39 is 0 Å². The Bertz CT molecular complexity index is 1060. The molecular weight excluding hydrogens is 390 g/mol. The number of imidazole rings is 1. The Morgan fingerprint density at radius 3 is 2.35 bits per heavy atom. The highest BCUT2D eigenvalue weighted by atomic mass is 16.3. The number of aromatic hydroxyl groups is 1. The summed E-state index contributed by atoms with van der Waals surface area (Å²) in [7, 11) is 2.03. The van der Waals surface area contributed by atoms with Gasteiger partial charge in [-0.05, 0) is 59.6 Å². The van der Waals surface area contributed by atoms with Gasteiger partial charge in [0.15, 0.2) is 0 Å². The number of phenolic OH excluding ortho intramolecular Hbond substituents is 1. The van der Waals surface area contributed by atoms with Gasteiger partial charge < -0.3 is 19.9 Å². The molecule has 3 aromatic rings. The fourth-order valence-electron chi connectivity index (χ4n) is 4.72. The Labute approximate surface area is 183 Å². The molecule has 1 aliphatic rings. The number of aromatic nitrogens is 5. The van der Waals surface area contributed by atoms with Crippen molar-refractivity contribution in [1.29, 1.82) is 0 Å². The van der Waals surface area contributed by atoms with Crippen LogP contribution in [0.2, 0.25) is 0 Å². The number of piperidine rings is 1. The van der Waals surface area contributed by atoms with E-state index in [0.717, 1.165) is 24.2 Å². The number of benzene rings is 1. The summed E-state index contributed by atoms with van der Waals surface area (Å²) in [5, 5.41) is 23.0. The molecule has 0 amide bonds. The Balaban J connectivity index is 1.54. The van der Waals surface area contributed by atoms with Crippen molar-refractivity contribution in [2.75, 3.05) is 11.9 Å². The fraction of sp³-hybridized carbons (Fsp3) is 0.478. The molecule has 0 spiro atoms. The van der Waals surface area contributed by atoms with E-state index in [4.69, 9.17) is 0 Å². The molecule has 31 heavy (non-hydrogen) atoms. The first-order valence-corrected chi connectivity index (χ1v) is 10.6. The van der Waals surface area contributed by atoms with E-state index in [1.807, 2.05) is 36.9 Å². The summed E-state index contributed by atoms with van der Waals surface area (Å²) in [6, 6.07) is 5.74. The second kappa shape index (κ2) is 7.60. The SMILES string of the molecule is Cc1cn(-c2ccc(-c3cnc(N(C)C4CC(C)(C)NC(C)(C)C4)nn3)c(O)c2)cn1. The Hall–Kier alpha value is -3.00. The smallest absolute Gasteiger partial charge is 0.245 e. The van der Waals surface area contributed by atoms with Crippen LogP contribution in [0.1, 0.15) is 46.2 Å². The molecule has 8 heteroatoms. The molecule has 164 valence electrons. The van der Waals surface area contributed by atoms with Gasteiger partial charge in [0.05, 0.1) is 23.9 Å². The van der Waals surface area contributed by atoms with Crippen molar-refractivity contribution in [3.05, 3.63) is 42.6 Å². The van der Waals surface area contributed by atoms with Crippen molar-refractivity contribution in [3.63, 3.8) is 0 Å². The van der Waals surface area contributed by atoms with Gasteiger partial charge in [0.25, 0.3) is 0 Å². The first-order chi connectivity index (χ1) is 14.5. The molecule has 0 atom stereocenters. The van der Waals surface area contributed by atoms with E-state index in [0.29, 0.717) is 23.2 Å². The lowest BCUT2D eigenvalue weighted by Gasteiger charge is -2.48. The van der Waals surface area contributed by atoms with Crippen LogP contribution in [0.25, 0.3) is 16.9 Å². The predicted molar refractivity (Wildman–Crippen MR) is 122 cm³/mol. The topological polar surface area (TPSA) is 92.0 Å². The summed E-state index contributed by atoms with van der Waals surface area (Å²) < 4.78 is 1.86. The van der Waals surface area contributed by atoms with Crippen LogP contribution in [0.3, 0.4) is 0 Å². The van der Waals surface area contributed by atoms with Gasteiger partial charge in [-0.2, -0.15) is 0 Å². The van der Waals surface area contributed by atoms with Crippen LogP contribution >= 0.6 is 0 Å². The average molecular weight is 422 g/mol. The van der Waals surface area contributed by atoms with Crippen LogP contribution in [0, 0.1) is 6.92 Å². The first-order valence-electron chi connectivity index (χ1n) is 10.6. The fourth-order valence-corrected chi connectivity index (χ4v) is 4.72. The van der Waals surface area contributed by atoms with Crippen LogP contribution in [0.5, 0.6) is 5.75 Å². The van der Waals surface area contributed by atoms with E-state index in [2.05, 4.69) is 58.1 Å². The van der Waals surface area contributed by atoms with E-state index in [1.165, 1.54) is 0 Å². The molecule has 1 aromatic carbocycles. The molecule has 1 fully saturated rings. The first kappa shape index (κ1) is 21.2. The third-order valence-corrected chi connectivity index (χ3v) is 5.85. The van der Waals surface area contributed by atoms with Gasteiger partial charge in [0.2, 0.25) is 5.95 Å². The van der Waals surface area contributed by atoms with E-state index >= 15 is 0 Å². The highest BCUT2D eigenvalue weighted by Gasteiger charge is 2.39. The predicted octanol–water partition coefficient (Wildman–Crippen LogP) is 3.48. The number of phenols is 1. The number of anilines is 1. The number of rotatable bonds is 4. The molecular formula is C23H31N7O. The van der Waals surface area contributed by atoms with Gasteiger partial charge in [0.1, 0.15) is 11.4 Å². The summed E-state index contributed by atoms with van der Waals surface area (Å²) in [5.74, 6) is 0.718. The second-order valence-corrected chi connectivity index (χ2v) is 9.83. The summed E-state index contributed by atoms with van der Waals surface area (Å²) in [6.07, 6.45) is 7.29. The van der Waals surface area contributed by atoms with E-state index in [9.17, 15) is 5.11 Å². The van der Waals surface area contributed by atoms with Crippen molar-refractivity contribution in [2.45, 2.75) is 64.6 Å². The Kier molecular flexibility index (Phi) is 5.21. The summed E-state index contributed by atoms with van der Waals surface area (Å²) in [4.78, 5) is 10.9. The minimum absolute atomic E-state index is 0.0371. The third kappa shape index (κ3) is 4.54. The average Bonchev–Trinajstić information content (AvgIpc) is 3.11. The van der Waals surface area contributed by atoms with Crippen LogP contribution in [0.15, 0.2) is 36.9 Å². The Morgan fingerprint density at radius 2 is 1.81 bits per heavy atom. The lowest BCUT2D eigenvalue weighted by Crippen LogP contribution is -2.62. The molecule has 1 saturated heterocycles. The van der Waals surface area contributed by atoms with Crippen molar-refractivity contribution in [3.8, 4) is 22.7 Å². The molecule has 0 saturated carbocycles. The minimum atomic E-state index is 0.0371. The number of hydrogen-bond acceptors (Lipinski definition) is 7. The minimum Gasteiger partial charge on any atom is -0.507 e. The van der Waals surface area contributed by atoms with Gasteiger partial charge in [0, 0.05) is 42.0 Å². The molecule has 4 rings (SSSR count). The van der Waals surface area contributed by atoms with Crippen molar-refractivity contribution >= 4 is 5.95 Å². The van der Waals surface area contributed by atoms with Gasteiger partial charge in [-0.1, -0.05) is 0 Å². The molecule has 0 bridgehead atoms. The molecule has 1 aliphatic heterocycles. The largest absolute Gasteiger partial charge is 0.507 e. The number of nitrogens with zero attached hydrogens (tertiary/aromatic N) is 6. The standard InChI is InChI=1S/C23H31N7O/c1-15-13-30(14-25-15)16-7-8-18(20(31)9-16)19-12-24-21(27-26-19)29(6)17-10-22(2,3)28-23(4,5)11-17/h7-9,12-14,17,28,31H,10-11H2,1-6H3. The van der Waals surface area contributed by atoms with Crippen molar-refractivity contribution < 1.29 is 5.11 Å². The van der Waals surface area contributed by atoms with Crippen molar-refractivity contribution in [1.82, 2.24) is 30.0 Å². The van der Waals surface area contributed by atoms with Crippen LogP contribution in [-0.4, -0.2) is 54.0 Å². The van der Waals surface area contributed by atoms with Crippen LogP contribution < -0.4 is 10.2 Å².